The van der Waals surface area contributed by atoms with Gasteiger partial charge in [-0.25, -0.2) is 4.39 Å². The third-order valence-electron chi connectivity index (χ3n) is 1.68. The fraction of sp³-hybridized carbons (Fsp3) is 0.111. The lowest BCUT2D eigenvalue weighted by Gasteiger charge is -1.89. The van der Waals surface area contributed by atoms with Crippen LogP contribution in [-0.4, -0.2) is 5.11 Å². The van der Waals surface area contributed by atoms with E-state index in [0.29, 0.717) is 4.88 Å². The average molecular weight is 182 g/mol. The molecule has 0 bridgehead atoms. The fourth-order valence-corrected chi connectivity index (χ4v) is 2.05. The summed E-state index contributed by atoms with van der Waals surface area (Å²) >= 11 is 1.42. The monoisotopic (exact) mass is 182 g/mol. The molecule has 0 spiro atoms. The molecular formula is C9H7FOS. The van der Waals surface area contributed by atoms with E-state index in [1.54, 1.807) is 24.3 Å². The normalized spacial score (nSPS) is 10.8. The largest absolute Gasteiger partial charge is 0.508 e. The van der Waals surface area contributed by atoms with Gasteiger partial charge in [-0.3, -0.25) is 0 Å². The quantitative estimate of drug-likeness (QED) is 0.718. The molecule has 0 aliphatic rings. The van der Waals surface area contributed by atoms with Crippen molar-refractivity contribution in [3.63, 3.8) is 0 Å². The number of thiophene rings is 1. The molecule has 0 saturated heterocycles. The second-order valence-electron chi connectivity index (χ2n) is 2.57. The Balaban J connectivity index is 2.67. The van der Waals surface area contributed by atoms with Crippen LogP contribution in [0.25, 0.3) is 10.1 Å². The van der Waals surface area contributed by atoms with Gasteiger partial charge in [-0.05, 0) is 29.7 Å². The summed E-state index contributed by atoms with van der Waals surface area (Å²) in [5, 5.41) is 10.0. The maximum atomic E-state index is 12.2. The molecule has 0 saturated carbocycles. The van der Waals surface area contributed by atoms with E-state index in [2.05, 4.69) is 0 Å². The zero-order valence-corrected chi connectivity index (χ0v) is 7.07. The first kappa shape index (κ1) is 7.55. The molecule has 62 valence electrons. The van der Waals surface area contributed by atoms with Crippen LogP contribution in [0.4, 0.5) is 4.39 Å². The Morgan fingerprint density at radius 1 is 1.33 bits per heavy atom. The molecule has 1 aromatic carbocycles. The molecule has 0 unspecified atom stereocenters. The first-order valence-electron chi connectivity index (χ1n) is 3.57. The van der Waals surface area contributed by atoms with Crippen molar-refractivity contribution in [1.29, 1.82) is 0 Å². The highest BCUT2D eigenvalue weighted by Gasteiger charge is 2.01. The van der Waals surface area contributed by atoms with E-state index in [0.717, 1.165) is 10.1 Å². The van der Waals surface area contributed by atoms with Gasteiger partial charge in [-0.2, -0.15) is 0 Å². The predicted octanol–water partition coefficient (Wildman–Crippen LogP) is 3.08. The van der Waals surface area contributed by atoms with E-state index in [1.807, 2.05) is 0 Å². The van der Waals surface area contributed by atoms with Crippen LogP contribution in [0.1, 0.15) is 4.88 Å². The Morgan fingerprint density at radius 2 is 2.17 bits per heavy atom. The van der Waals surface area contributed by atoms with E-state index >= 15 is 0 Å². The third kappa shape index (κ3) is 1.16. The summed E-state index contributed by atoms with van der Waals surface area (Å²) in [6, 6.07) is 6.82. The van der Waals surface area contributed by atoms with Gasteiger partial charge in [-0.15, -0.1) is 11.3 Å². The molecule has 0 aliphatic heterocycles. The molecule has 1 heterocycles. The smallest absolute Gasteiger partial charge is 0.124 e. The van der Waals surface area contributed by atoms with Gasteiger partial charge >= 0.3 is 0 Å². The van der Waals surface area contributed by atoms with E-state index in [1.165, 1.54) is 11.3 Å². The Hall–Kier alpha value is -1.09. The number of benzene rings is 1. The zero-order chi connectivity index (χ0) is 8.55. The predicted molar refractivity (Wildman–Crippen MR) is 48.3 cm³/mol. The van der Waals surface area contributed by atoms with Crippen LogP contribution in [0, 0.1) is 0 Å². The van der Waals surface area contributed by atoms with Gasteiger partial charge < -0.3 is 5.11 Å². The second-order valence-corrected chi connectivity index (χ2v) is 3.74. The van der Waals surface area contributed by atoms with Crippen LogP contribution >= 0.6 is 11.3 Å². The third-order valence-corrected chi connectivity index (χ3v) is 2.76. The number of fused-ring (bicyclic) bond motifs is 1. The van der Waals surface area contributed by atoms with Crippen LogP contribution in [0.15, 0.2) is 24.3 Å². The SMILES string of the molecule is Oc1ccc2sc(CF)cc2c1. The first-order chi connectivity index (χ1) is 5.79. The maximum Gasteiger partial charge on any atom is 0.124 e. The minimum atomic E-state index is -0.430. The molecule has 2 rings (SSSR count). The Bertz CT molecular complexity index is 408. The van der Waals surface area contributed by atoms with Crippen molar-refractivity contribution >= 4 is 21.4 Å². The highest BCUT2D eigenvalue weighted by Crippen LogP contribution is 2.28. The highest BCUT2D eigenvalue weighted by atomic mass is 32.1. The Kier molecular flexibility index (Phi) is 1.73. The Morgan fingerprint density at radius 3 is 2.92 bits per heavy atom. The van der Waals surface area contributed by atoms with E-state index in [4.69, 9.17) is 5.11 Å². The number of rotatable bonds is 1. The number of aromatic hydroxyl groups is 1. The first-order valence-corrected chi connectivity index (χ1v) is 4.38. The number of hydrogen-bond donors (Lipinski definition) is 1. The van der Waals surface area contributed by atoms with Crippen LogP contribution in [0.3, 0.4) is 0 Å². The Labute approximate surface area is 73.1 Å². The summed E-state index contributed by atoms with van der Waals surface area (Å²) in [5.41, 5.74) is 0. The van der Waals surface area contributed by atoms with Crippen LogP contribution in [0.5, 0.6) is 5.75 Å². The van der Waals surface area contributed by atoms with Gasteiger partial charge in [0, 0.05) is 9.58 Å². The summed E-state index contributed by atoms with van der Waals surface area (Å²) < 4.78 is 13.2. The van der Waals surface area contributed by atoms with Gasteiger partial charge in [-0.1, -0.05) is 0 Å². The van der Waals surface area contributed by atoms with Gasteiger partial charge in [0.2, 0.25) is 0 Å². The number of alkyl halides is 1. The molecule has 0 atom stereocenters. The summed E-state index contributed by atoms with van der Waals surface area (Å²) in [7, 11) is 0. The molecule has 0 amide bonds. The standard InChI is InChI=1S/C9H7FOS/c10-5-8-4-6-3-7(11)1-2-9(6)12-8/h1-4,11H,5H2. The summed E-state index contributed by atoms with van der Waals surface area (Å²) in [4.78, 5) is 0.704. The van der Waals surface area contributed by atoms with E-state index in [-0.39, 0.29) is 5.75 Å². The molecule has 0 fully saturated rings. The molecule has 0 radical (unpaired) electrons. The van der Waals surface area contributed by atoms with Crippen molar-refractivity contribution in [2.45, 2.75) is 6.67 Å². The average Bonchev–Trinajstić information content (AvgIpc) is 2.46. The molecule has 12 heavy (non-hydrogen) atoms. The number of phenolic OH excluding ortho intramolecular Hbond substituents is 1. The second kappa shape index (κ2) is 2.75. The molecular weight excluding hydrogens is 175 g/mol. The van der Waals surface area contributed by atoms with Gasteiger partial charge in [0.05, 0.1) is 0 Å². The van der Waals surface area contributed by atoms with Crippen molar-refractivity contribution in [3.8, 4) is 5.75 Å². The summed E-state index contributed by atoms with van der Waals surface area (Å²) in [6.07, 6.45) is 0. The number of hydrogen-bond acceptors (Lipinski definition) is 2. The van der Waals surface area contributed by atoms with Crippen LogP contribution < -0.4 is 0 Å². The van der Waals surface area contributed by atoms with Crippen molar-refractivity contribution in [2.75, 3.05) is 0 Å². The van der Waals surface area contributed by atoms with Crippen LogP contribution in [0.2, 0.25) is 0 Å². The summed E-state index contributed by atoms with van der Waals surface area (Å²) in [5.74, 6) is 0.228. The molecule has 3 heteroatoms. The maximum absolute atomic E-state index is 12.2. The molecule has 2 aromatic rings. The van der Waals surface area contributed by atoms with Gasteiger partial charge in [0.25, 0.3) is 0 Å². The zero-order valence-electron chi connectivity index (χ0n) is 6.25. The fourth-order valence-electron chi connectivity index (χ4n) is 1.15. The molecule has 1 aromatic heterocycles. The minimum Gasteiger partial charge on any atom is -0.508 e. The summed E-state index contributed by atoms with van der Waals surface area (Å²) in [6.45, 7) is -0.430. The van der Waals surface area contributed by atoms with Crippen LogP contribution in [-0.2, 0) is 6.67 Å². The van der Waals surface area contributed by atoms with Gasteiger partial charge in [0.15, 0.2) is 0 Å². The van der Waals surface area contributed by atoms with Crippen molar-refractivity contribution in [3.05, 3.63) is 29.1 Å². The van der Waals surface area contributed by atoms with E-state index in [9.17, 15) is 4.39 Å². The molecule has 0 aliphatic carbocycles. The lowest BCUT2D eigenvalue weighted by atomic mass is 10.2. The molecule has 1 N–H and O–H groups in total. The lowest BCUT2D eigenvalue weighted by Crippen LogP contribution is -1.63. The number of halogens is 1. The number of phenols is 1. The minimum absolute atomic E-state index is 0.228. The van der Waals surface area contributed by atoms with Crippen molar-refractivity contribution < 1.29 is 9.50 Å². The van der Waals surface area contributed by atoms with Crippen molar-refractivity contribution in [2.24, 2.45) is 0 Å². The topological polar surface area (TPSA) is 20.2 Å². The highest BCUT2D eigenvalue weighted by molar-refractivity contribution is 7.19. The molecule has 1 nitrogen and oxygen atoms in total. The van der Waals surface area contributed by atoms with Gasteiger partial charge in [0.1, 0.15) is 12.4 Å². The van der Waals surface area contributed by atoms with E-state index < -0.39 is 6.67 Å². The lowest BCUT2D eigenvalue weighted by molar-refractivity contribution is 0.476. The van der Waals surface area contributed by atoms with Crippen molar-refractivity contribution in [1.82, 2.24) is 0 Å².